The van der Waals surface area contributed by atoms with Crippen molar-refractivity contribution in [1.29, 1.82) is 0 Å². The minimum Gasteiger partial charge on any atom is -0.326 e. The number of rotatable bonds is 4. The Bertz CT molecular complexity index is 281. The van der Waals surface area contributed by atoms with Crippen LogP contribution in [0.25, 0.3) is 0 Å². The van der Waals surface area contributed by atoms with Crippen LogP contribution in [0.15, 0.2) is 0 Å². The van der Waals surface area contributed by atoms with Crippen molar-refractivity contribution in [1.82, 2.24) is 4.31 Å². The van der Waals surface area contributed by atoms with Crippen LogP contribution in [0.4, 0.5) is 0 Å². The lowest BCUT2D eigenvalue weighted by Gasteiger charge is -2.30. The first kappa shape index (κ1) is 9.43. The van der Waals surface area contributed by atoms with Crippen LogP contribution in [0.3, 0.4) is 0 Å². The lowest BCUT2D eigenvalue weighted by Crippen LogP contribution is -2.47. The summed E-state index contributed by atoms with van der Waals surface area (Å²) >= 11 is 0. The number of nitrogens with two attached hydrogens (primary N) is 1. The summed E-state index contributed by atoms with van der Waals surface area (Å²) in [6.07, 6.45) is 3.21. The molecule has 5 heteroatoms. The van der Waals surface area contributed by atoms with E-state index in [1.54, 1.807) is 0 Å². The molecule has 13 heavy (non-hydrogen) atoms. The number of hydrogen-bond acceptors (Lipinski definition) is 3. The van der Waals surface area contributed by atoms with Crippen LogP contribution in [0.5, 0.6) is 0 Å². The van der Waals surface area contributed by atoms with Gasteiger partial charge in [0.05, 0.1) is 5.75 Å². The Hall–Kier alpha value is -0.130. The van der Waals surface area contributed by atoms with Crippen LogP contribution < -0.4 is 5.73 Å². The molecular formula is C8H16N2O2S. The van der Waals surface area contributed by atoms with E-state index in [2.05, 4.69) is 0 Å². The maximum absolute atomic E-state index is 11.6. The molecule has 1 atom stereocenters. The fraction of sp³-hybridized carbons (Fsp3) is 1.00. The van der Waals surface area contributed by atoms with E-state index < -0.39 is 10.0 Å². The van der Waals surface area contributed by atoms with E-state index in [1.807, 2.05) is 0 Å². The maximum Gasteiger partial charge on any atom is 0.215 e. The highest BCUT2D eigenvalue weighted by Crippen LogP contribution is 2.32. The molecule has 2 fully saturated rings. The van der Waals surface area contributed by atoms with Gasteiger partial charge < -0.3 is 5.73 Å². The molecule has 2 rings (SSSR count). The summed E-state index contributed by atoms with van der Waals surface area (Å²) in [5, 5.41) is 0. The first-order chi connectivity index (χ1) is 6.09. The van der Waals surface area contributed by atoms with E-state index in [9.17, 15) is 8.42 Å². The molecule has 0 aromatic rings. The molecule has 1 heterocycles. The number of nitrogens with zero attached hydrogens (tertiary/aromatic N) is 1. The largest absolute Gasteiger partial charge is 0.326 e. The highest BCUT2D eigenvalue weighted by Gasteiger charge is 2.35. The molecule has 0 aromatic heterocycles. The number of hydrogen-bond donors (Lipinski definition) is 1. The van der Waals surface area contributed by atoms with Gasteiger partial charge in [0.25, 0.3) is 0 Å². The van der Waals surface area contributed by atoms with Crippen LogP contribution in [0, 0.1) is 5.92 Å². The molecule has 1 aliphatic carbocycles. The summed E-state index contributed by atoms with van der Waals surface area (Å²) < 4.78 is 24.7. The lowest BCUT2D eigenvalue weighted by atomic mass is 10.2. The molecular weight excluding hydrogens is 188 g/mol. The quantitative estimate of drug-likeness (QED) is 0.687. The van der Waals surface area contributed by atoms with E-state index in [1.165, 1.54) is 4.31 Å². The van der Waals surface area contributed by atoms with E-state index in [-0.39, 0.29) is 11.8 Å². The second kappa shape index (κ2) is 3.22. The van der Waals surface area contributed by atoms with E-state index in [0.29, 0.717) is 19.0 Å². The highest BCUT2D eigenvalue weighted by atomic mass is 32.2. The van der Waals surface area contributed by atoms with E-state index in [4.69, 9.17) is 5.73 Å². The molecule has 1 saturated heterocycles. The second-order valence-electron chi connectivity index (χ2n) is 4.03. The zero-order chi connectivity index (χ0) is 9.47. The molecule has 0 aromatic carbocycles. The maximum atomic E-state index is 11.6. The van der Waals surface area contributed by atoms with Gasteiger partial charge in [0.1, 0.15) is 0 Å². The summed E-state index contributed by atoms with van der Waals surface area (Å²) in [5.74, 6) is 0.619. The molecule has 4 nitrogen and oxygen atoms in total. The van der Waals surface area contributed by atoms with Crippen molar-refractivity contribution in [3.05, 3.63) is 0 Å². The predicted octanol–water partition coefficient (Wildman–Crippen LogP) is -0.241. The summed E-state index contributed by atoms with van der Waals surface area (Å²) in [6, 6.07) is -0.134. The van der Waals surface area contributed by atoms with Crippen molar-refractivity contribution >= 4 is 10.0 Å². The Morgan fingerprint density at radius 2 is 2.00 bits per heavy atom. The first-order valence-electron chi connectivity index (χ1n) is 4.83. The lowest BCUT2D eigenvalue weighted by molar-refractivity contribution is 0.308. The second-order valence-corrected chi connectivity index (χ2v) is 6.05. The molecule has 0 amide bonds. The van der Waals surface area contributed by atoms with Crippen molar-refractivity contribution in [2.75, 3.05) is 18.8 Å². The molecule has 0 bridgehead atoms. The third-order valence-electron chi connectivity index (χ3n) is 2.84. The molecule has 2 aliphatic rings. The van der Waals surface area contributed by atoms with Crippen LogP contribution >= 0.6 is 0 Å². The molecule has 0 spiro atoms. The molecule has 0 radical (unpaired) electrons. The van der Waals surface area contributed by atoms with Gasteiger partial charge >= 0.3 is 0 Å². The summed E-state index contributed by atoms with van der Waals surface area (Å²) in [5.41, 5.74) is 5.78. The summed E-state index contributed by atoms with van der Waals surface area (Å²) in [6.45, 7) is 1.39. The zero-order valence-electron chi connectivity index (χ0n) is 7.65. The van der Waals surface area contributed by atoms with Gasteiger partial charge in [0.2, 0.25) is 10.0 Å². The fourth-order valence-corrected chi connectivity index (χ4v) is 3.36. The third kappa shape index (κ3) is 2.03. The standard InChI is InChI=1S/C8H16N2O2S/c9-8(7-2-3-7)6-13(11,12)10-4-1-5-10/h7-8H,1-6,9H2. The Morgan fingerprint density at radius 3 is 2.38 bits per heavy atom. The molecule has 76 valence electrons. The Kier molecular flexibility index (Phi) is 2.33. The van der Waals surface area contributed by atoms with Crippen molar-refractivity contribution < 1.29 is 8.42 Å². The van der Waals surface area contributed by atoms with Gasteiger partial charge in [-0.2, -0.15) is 0 Å². The summed E-state index contributed by atoms with van der Waals surface area (Å²) in [7, 11) is -3.02. The van der Waals surface area contributed by atoms with Gasteiger partial charge in [-0.3, -0.25) is 0 Å². The van der Waals surface area contributed by atoms with Crippen LogP contribution in [0.1, 0.15) is 19.3 Å². The van der Waals surface area contributed by atoms with Gasteiger partial charge in [-0.1, -0.05) is 0 Å². The van der Waals surface area contributed by atoms with Crippen molar-refractivity contribution in [3.63, 3.8) is 0 Å². The first-order valence-corrected chi connectivity index (χ1v) is 6.44. The Balaban J connectivity index is 1.90. The van der Waals surface area contributed by atoms with Gasteiger partial charge in [0.15, 0.2) is 0 Å². The predicted molar refractivity (Wildman–Crippen MR) is 50.7 cm³/mol. The van der Waals surface area contributed by atoms with Crippen LogP contribution in [-0.4, -0.2) is 37.6 Å². The van der Waals surface area contributed by atoms with Crippen molar-refractivity contribution in [2.24, 2.45) is 11.7 Å². The summed E-state index contributed by atoms with van der Waals surface area (Å²) in [4.78, 5) is 0. The normalized spacial score (nSPS) is 26.8. The molecule has 1 saturated carbocycles. The van der Waals surface area contributed by atoms with Crippen molar-refractivity contribution in [3.8, 4) is 0 Å². The van der Waals surface area contributed by atoms with E-state index in [0.717, 1.165) is 19.3 Å². The Morgan fingerprint density at radius 1 is 1.38 bits per heavy atom. The average Bonchev–Trinajstić information content (AvgIpc) is 2.57. The van der Waals surface area contributed by atoms with Crippen LogP contribution in [0.2, 0.25) is 0 Å². The zero-order valence-corrected chi connectivity index (χ0v) is 8.46. The SMILES string of the molecule is NC(CS(=O)(=O)N1CCC1)C1CC1. The van der Waals surface area contributed by atoms with Gasteiger partial charge in [-0.15, -0.1) is 0 Å². The van der Waals surface area contributed by atoms with Crippen molar-refractivity contribution in [2.45, 2.75) is 25.3 Å². The average molecular weight is 204 g/mol. The van der Waals surface area contributed by atoms with Crippen LogP contribution in [-0.2, 0) is 10.0 Å². The minimum absolute atomic E-state index is 0.134. The van der Waals surface area contributed by atoms with Gasteiger partial charge in [0, 0.05) is 19.1 Å². The monoisotopic (exact) mass is 204 g/mol. The third-order valence-corrected chi connectivity index (χ3v) is 4.80. The van der Waals surface area contributed by atoms with E-state index >= 15 is 0 Å². The highest BCUT2D eigenvalue weighted by molar-refractivity contribution is 7.89. The number of sulfonamides is 1. The molecule has 1 aliphatic heterocycles. The fourth-order valence-electron chi connectivity index (χ4n) is 1.57. The molecule has 1 unspecified atom stereocenters. The smallest absolute Gasteiger partial charge is 0.215 e. The van der Waals surface area contributed by atoms with Gasteiger partial charge in [-0.25, -0.2) is 12.7 Å². The minimum atomic E-state index is -3.02. The molecule has 2 N–H and O–H groups in total. The Labute approximate surface area is 79.1 Å². The topological polar surface area (TPSA) is 63.4 Å². The van der Waals surface area contributed by atoms with Gasteiger partial charge in [-0.05, 0) is 25.2 Å².